The van der Waals surface area contributed by atoms with Gasteiger partial charge in [0.05, 0.1) is 5.69 Å². The molecule has 0 aliphatic carbocycles. The van der Waals surface area contributed by atoms with Crippen molar-refractivity contribution in [1.29, 1.82) is 0 Å². The molecule has 0 saturated carbocycles. The maximum atomic E-state index is 11.3. The van der Waals surface area contributed by atoms with Gasteiger partial charge in [-0.25, -0.2) is 4.98 Å². The Morgan fingerprint density at radius 3 is 2.81 bits per heavy atom. The highest BCUT2D eigenvalue weighted by Gasteiger charge is 2.03. The lowest BCUT2D eigenvalue weighted by Crippen LogP contribution is -2.18. The van der Waals surface area contributed by atoms with Crippen LogP contribution >= 0.6 is 11.6 Å². The lowest BCUT2D eigenvalue weighted by atomic mass is 10.1. The minimum atomic E-state index is -0.136. The first-order chi connectivity index (χ1) is 7.54. The topological polar surface area (TPSA) is 42.0 Å². The van der Waals surface area contributed by atoms with E-state index in [9.17, 15) is 4.79 Å². The molecule has 16 heavy (non-hydrogen) atoms. The summed E-state index contributed by atoms with van der Waals surface area (Å²) in [7, 11) is 1.58. The molecule has 0 radical (unpaired) electrons. The third-order valence-corrected chi connectivity index (χ3v) is 2.23. The van der Waals surface area contributed by atoms with Gasteiger partial charge in [-0.15, -0.1) is 0 Å². The van der Waals surface area contributed by atoms with Crippen LogP contribution in [0.25, 0.3) is 5.57 Å². The Morgan fingerprint density at radius 2 is 2.25 bits per heavy atom. The Hall–Kier alpha value is -1.61. The molecule has 1 N–H and O–H groups in total. The standard InChI is InChI=1S/C12H13ClN2O/c1-8(7-9(2)12(16)14-3)10-5-4-6-11(13)15-10/h4-7H,1H2,2-3H3,(H,14,16)/b9-7+. The Labute approximate surface area is 99.8 Å². The summed E-state index contributed by atoms with van der Waals surface area (Å²) in [6.45, 7) is 5.56. The molecule has 0 fully saturated rings. The third-order valence-electron chi connectivity index (χ3n) is 2.02. The van der Waals surface area contributed by atoms with Gasteiger partial charge in [0, 0.05) is 12.6 Å². The van der Waals surface area contributed by atoms with Crippen molar-refractivity contribution in [3.05, 3.63) is 47.3 Å². The van der Waals surface area contributed by atoms with Gasteiger partial charge in [-0.05, 0) is 30.7 Å². The van der Waals surface area contributed by atoms with Gasteiger partial charge < -0.3 is 5.32 Å². The molecule has 0 aromatic carbocycles. The summed E-state index contributed by atoms with van der Waals surface area (Å²) >= 11 is 5.76. The molecule has 0 saturated heterocycles. The van der Waals surface area contributed by atoms with Crippen molar-refractivity contribution in [3.63, 3.8) is 0 Å². The molecule has 0 aliphatic heterocycles. The average Bonchev–Trinajstić information content (AvgIpc) is 2.27. The van der Waals surface area contributed by atoms with Gasteiger partial charge in [-0.3, -0.25) is 4.79 Å². The van der Waals surface area contributed by atoms with E-state index in [1.54, 1.807) is 38.2 Å². The van der Waals surface area contributed by atoms with Crippen molar-refractivity contribution in [1.82, 2.24) is 10.3 Å². The van der Waals surface area contributed by atoms with E-state index in [4.69, 9.17) is 11.6 Å². The van der Waals surface area contributed by atoms with Crippen LogP contribution in [0, 0.1) is 0 Å². The molecule has 3 nitrogen and oxygen atoms in total. The lowest BCUT2D eigenvalue weighted by molar-refractivity contribution is -0.116. The number of hydrogen-bond donors (Lipinski definition) is 1. The van der Waals surface area contributed by atoms with Gasteiger partial charge in [0.1, 0.15) is 5.15 Å². The Balaban J connectivity index is 2.92. The number of hydrogen-bond acceptors (Lipinski definition) is 2. The van der Waals surface area contributed by atoms with E-state index in [1.165, 1.54) is 0 Å². The molecule has 1 amide bonds. The van der Waals surface area contributed by atoms with Crippen LogP contribution < -0.4 is 5.32 Å². The molecule has 0 spiro atoms. The van der Waals surface area contributed by atoms with Crippen LogP contribution in [0.4, 0.5) is 0 Å². The van der Waals surface area contributed by atoms with E-state index in [0.717, 1.165) is 0 Å². The Kier molecular flexibility index (Phi) is 4.26. The monoisotopic (exact) mass is 236 g/mol. The summed E-state index contributed by atoms with van der Waals surface area (Å²) in [6, 6.07) is 5.27. The molecule has 0 atom stereocenters. The maximum Gasteiger partial charge on any atom is 0.246 e. The maximum absolute atomic E-state index is 11.3. The predicted molar refractivity (Wildman–Crippen MR) is 66.1 cm³/mol. The van der Waals surface area contributed by atoms with E-state index in [0.29, 0.717) is 22.0 Å². The van der Waals surface area contributed by atoms with Gasteiger partial charge in [-0.2, -0.15) is 0 Å². The van der Waals surface area contributed by atoms with Crippen molar-refractivity contribution in [2.45, 2.75) is 6.92 Å². The first kappa shape index (κ1) is 12.5. The van der Waals surface area contributed by atoms with Crippen LogP contribution in [0.15, 0.2) is 36.4 Å². The number of carbonyl (C=O) groups is 1. The van der Waals surface area contributed by atoms with Crippen molar-refractivity contribution >= 4 is 23.1 Å². The van der Waals surface area contributed by atoms with Crippen LogP contribution in [0.1, 0.15) is 12.6 Å². The van der Waals surface area contributed by atoms with Gasteiger partial charge >= 0.3 is 0 Å². The number of amides is 1. The second-order valence-corrected chi connectivity index (χ2v) is 3.66. The minimum Gasteiger partial charge on any atom is -0.355 e. The normalized spacial score (nSPS) is 11.1. The van der Waals surface area contributed by atoms with E-state index in [-0.39, 0.29) is 5.91 Å². The number of allylic oxidation sites excluding steroid dienone is 2. The number of aromatic nitrogens is 1. The quantitative estimate of drug-likeness (QED) is 0.498. The van der Waals surface area contributed by atoms with E-state index >= 15 is 0 Å². The average molecular weight is 237 g/mol. The fraction of sp³-hybridized carbons (Fsp3) is 0.167. The van der Waals surface area contributed by atoms with E-state index < -0.39 is 0 Å². The molecule has 1 rings (SSSR count). The predicted octanol–water partition coefficient (Wildman–Crippen LogP) is 2.44. The number of nitrogens with one attached hydrogen (secondary N) is 1. The molecular weight excluding hydrogens is 224 g/mol. The van der Waals surface area contributed by atoms with Gasteiger partial charge in [0.25, 0.3) is 0 Å². The van der Waals surface area contributed by atoms with Crippen LogP contribution in [0.3, 0.4) is 0 Å². The highest BCUT2D eigenvalue weighted by Crippen LogP contribution is 2.15. The molecule has 4 heteroatoms. The fourth-order valence-corrected chi connectivity index (χ4v) is 1.35. The highest BCUT2D eigenvalue weighted by atomic mass is 35.5. The lowest BCUT2D eigenvalue weighted by Gasteiger charge is -2.02. The Morgan fingerprint density at radius 1 is 1.56 bits per heavy atom. The van der Waals surface area contributed by atoms with Gasteiger partial charge in [0.2, 0.25) is 5.91 Å². The summed E-state index contributed by atoms with van der Waals surface area (Å²) in [6.07, 6.45) is 1.68. The number of pyridine rings is 1. The fourth-order valence-electron chi connectivity index (χ4n) is 1.19. The molecule has 1 aromatic heterocycles. The molecule has 0 unspecified atom stereocenters. The Bertz CT molecular complexity index is 452. The smallest absolute Gasteiger partial charge is 0.246 e. The van der Waals surface area contributed by atoms with Crippen molar-refractivity contribution in [2.75, 3.05) is 7.05 Å². The summed E-state index contributed by atoms with van der Waals surface area (Å²) in [5.74, 6) is -0.136. The van der Waals surface area contributed by atoms with Crippen LogP contribution in [0.5, 0.6) is 0 Å². The van der Waals surface area contributed by atoms with Crippen LogP contribution in [0.2, 0.25) is 5.15 Å². The zero-order valence-corrected chi connectivity index (χ0v) is 10.0. The van der Waals surface area contributed by atoms with E-state index in [1.807, 2.05) is 0 Å². The second-order valence-electron chi connectivity index (χ2n) is 3.28. The first-order valence-corrected chi connectivity index (χ1v) is 5.14. The molecule has 0 aliphatic rings. The minimum absolute atomic E-state index is 0.136. The SMILES string of the molecule is C=C(/C=C(\C)C(=O)NC)c1cccc(Cl)n1. The molecule has 0 bridgehead atoms. The summed E-state index contributed by atoms with van der Waals surface area (Å²) in [4.78, 5) is 15.4. The number of halogens is 1. The molecule has 1 heterocycles. The van der Waals surface area contributed by atoms with Crippen molar-refractivity contribution in [2.24, 2.45) is 0 Å². The molecule has 84 valence electrons. The number of carbonyl (C=O) groups excluding carboxylic acids is 1. The van der Waals surface area contributed by atoms with Crippen LogP contribution in [-0.2, 0) is 4.79 Å². The zero-order valence-electron chi connectivity index (χ0n) is 9.25. The largest absolute Gasteiger partial charge is 0.355 e. The summed E-state index contributed by atoms with van der Waals surface area (Å²) in [5.41, 5.74) is 1.90. The van der Waals surface area contributed by atoms with Crippen LogP contribution in [-0.4, -0.2) is 17.9 Å². The third kappa shape index (κ3) is 3.21. The van der Waals surface area contributed by atoms with E-state index in [2.05, 4.69) is 16.9 Å². The molecule has 1 aromatic rings. The number of likely N-dealkylation sites (N-methyl/N-ethyl adjacent to an activating group) is 1. The number of nitrogens with zero attached hydrogens (tertiary/aromatic N) is 1. The summed E-state index contributed by atoms with van der Waals surface area (Å²) in [5, 5.41) is 2.95. The first-order valence-electron chi connectivity index (χ1n) is 4.77. The molecular formula is C12H13ClN2O. The summed E-state index contributed by atoms with van der Waals surface area (Å²) < 4.78 is 0. The van der Waals surface area contributed by atoms with Gasteiger partial charge in [0.15, 0.2) is 0 Å². The highest BCUT2D eigenvalue weighted by molar-refractivity contribution is 6.29. The zero-order chi connectivity index (χ0) is 12.1. The van der Waals surface area contributed by atoms with Crippen molar-refractivity contribution in [3.8, 4) is 0 Å². The number of rotatable bonds is 3. The second kappa shape index (κ2) is 5.47. The van der Waals surface area contributed by atoms with Gasteiger partial charge in [-0.1, -0.05) is 24.2 Å². The van der Waals surface area contributed by atoms with Crippen molar-refractivity contribution < 1.29 is 4.79 Å².